The molecule has 2 saturated carbocycles. The Morgan fingerprint density at radius 3 is 1.78 bits per heavy atom. The Balaban J connectivity index is 1.85. The van der Waals surface area contributed by atoms with Gasteiger partial charge in [-0.1, -0.05) is 15.9 Å². The molecule has 2 aliphatic rings. The second-order valence-corrected chi connectivity index (χ2v) is 4.14. The number of rotatable bonds is 3. The van der Waals surface area contributed by atoms with Gasteiger partial charge in [0.15, 0.2) is 0 Å². The number of hydrogen-bond acceptors (Lipinski definition) is 0. The lowest BCUT2D eigenvalue weighted by Gasteiger charge is -2.09. The first kappa shape index (κ1) is 6.21. The van der Waals surface area contributed by atoms with Gasteiger partial charge in [-0.05, 0) is 43.4 Å². The summed E-state index contributed by atoms with van der Waals surface area (Å²) in [6, 6.07) is 0. The van der Waals surface area contributed by atoms with Gasteiger partial charge in [0.1, 0.15) is 0 Å². The maximum atomic E-state index is 3.60. The van der Waals surface area contributed by atoms with Crippen LogP contribution in [0, 0.1) is 17.8 Å². The molecule has 0 saturated heterocycles. The smallest absolute Gasteiger partial charge is 0.00649 e. The lowest BCUT2D eigenvalue weighted by molar-refractivity contribution is 0.458. The van der Waals surface area contributed by atoms with Crippen molar-refractivity contribution in [2.45, 2.75) is 25.7 Å². The van der Waals surface area contributed by atoms with E-state index in [-0.39, 0.29) is 0 Å². The minimum atomic E-state index is 1.06. The first-order valence-corrected chi connectivity index (χ1v) is 5.10. The molecule has 2 rings (SSSR count). The molecule has 0 heterocycles. The van der Waals surface area contributed by atoms with Gasteiger partial charge in [-0.15, -0.1) is 0 Å². The molecule has 0 atom stereocenters. The average molecular weight is 189 g/mol. The van der Waals surface area contributed by atoms with Crippen LogP contribution in [0.5, 0.6) is 0 Å². The number of alkyl halides is 1. The molecule has 0 aromatic rings. The van der Waals surface area contributed by atoms with Gasteiger partial charge in [0.2, 0.25) is 0 Å². The van der Waals surface area contributed by atoms with Gasteiger partial charge in [-0.25, -0.2) is 0 Å². The molecule has 9 heavy (non-hydrogen) atoms. The van der Waals surface area contributed by atoms with Crippen molar-refractivity contribution in [3.05, 3.63) is 0 Å². The van der Waals surface area contributed by atoms with Gasteiger partial charge in [0.05, 0.1) is 0 Å². The lowest BCUT2D eigenvalue weighted by atomic mass is 10.0. The Morgan fingerprint density at radius 1 is 1.11 bits per heavy atom. The van der Waals surface area contributed by atoms with Gasteiger partial charge >= 0.3 is 0 Å². The molecule has 0 bridgehead atoms. The zero-order valence-electron chi connectivity index (χ0n) is 5.65. The van der Waals surface area contributed by atoms with Crippen LogP contribution in [0.3, 0.4) is 0 Å². The van der Waals surface area contributed by atoms with Crippen LogP contribution in [0.1, 0.15) is 25.7 Å². The van der Waals surface area contributed by atoms with Crippen LogP contribution < -0.4 is 0 Å². The van der Waals surface area contributed by atoms with Crippen LogP contribution in [0.25, 0.3) is 0 Å². The van der Waals surface area contributed by atoms with Crippen LogP contribution >= 0.6 is 15.9 Å². The highest BCUT2D eigenvalue weighted by Crippen LogP contribution is 2.49. The minimum absolute atomic E-state index is 1.06. The van der Waals surface area contributed by atoms with Crippen LogP contribution in [-0.4, -0.2) is 5.33 Å². The number of hydrogen-bond donors (Lipinski definition) is 0. The van der Waals surface area contributed by atoms with Gasteiger partial charge in [-0.2, -0.15) is 0 Å². The fourth-order valence-corrected chi connectivity index (χ4v) is 2.74. The quantitative estimate of drug-likeness (QED) is 0.599. The fourth-order valence-electron chi connectivity index (χ4n) is 1.69. The third kappa shape index (κ3) is 1.31. The summed E-state index contributed by atoms with van der Waals surface area (Å²) in [5, 5.41) is 1.27. The molecule has 2 fully saturated rings. The standard InChI is InChI=1S/C8H13Br/c9-5-8(6-1-2-6)7-3-4-7/h6-8H,1-5H2. The molecule has 1 heteroatoms. The largest absolute Gasteiger partial charge is 0.0925 e. The van der Waals surface area contributed by atoms with Crippen LogP contribution in [-0.2, 0) is 0 Å². The number of halogens is 1. The Hall–Kier alpha value is 0.480. The van der Waals surface area contributed by atoms with E-state index >= 15 is 0 Å². The molecule has 0 spiro atoms. The summed E-state index contributed by atoms with van der Waals surface area (Å²) in [6.45, 7) is 0. The molecular formula is C8H13Br. The van der Waals surface area contributed by atoms with E-state index in [9.17, 15) is 0 Å². The summed E-state index contributed by atoms with van der Waals surface area (Å²) in [7, 11) is 0. The van der Waals surface area contributed by atoms with Crippen molar-refractivity contribution in [3.8, 4) is 0 Å². The van der Waals surface area contributed by atoms with Crippen LogP contribution in [0.4, 0.5) is 0 Å². The average Bonchev–Trinajstić information content (AvgIpc) is 2.61. The van der Waals surface area contributed by atoms with Crippen molar-refractivity contribution in [1.82, 2.24) is 0 Å². The Kier molecular flexibility index (Phi) is 1.56. The topological polar surface area (TPSA) is 0 Å². The SMILES string of the molecule is BrCC(C1CC1)C1CC1. The minimum Gasteiger partial charge on any atom is -0.0925 e. The van der Waals surface area contributed by atoms with Crippen molar-refractivity contribution >= 4 is 15.9 Å². The lowest BCUT2D eigenvalue weighted by Crippen LogP contribution is -2.06. The molecule has 0 radical (unpaired) electrons. The summed E-state index contributed by atoms with van der Waals surface area (Å²) < 4.78 is 0. The highest BCUT2D eigenvalue weighted by Gasteiger charge is 2.40. The van der Waals surface area contributed by atoms with E-state index in [1.165, 1.54) is 31.0 Å². The summed E-state index contributed by atoms with van der Waals surface area (Å²) in [5.41, 5.74) is 0. The summed E-state index contributed by atoms with van der Waals surface area (Å²) in [6.07, 6.45) is 6.08. The zero-order chi connectivity index (χ0) is 6.27. The molecule has 0 amide bonds. The van der Waals surface area contributed by atoms with Gasteiger partial charge in [0, 0.05) is 5.33 Å². The second-order valence-electron chi connectivity index (χ2n) is 3.49. The van der Waals surface area contributed by atoms with Gasteiger partial charge in [0.25, 0.3) is 0 Å². The van der Waals surface area contributed by atoms with Crippen molar-refractivity contribution in [2.75, 3.05) is 5.33 Å². The van der Waals surface area contributed by atoms with E-state index in [1.807, 2.05) is 0 Å². The predicted molar refractivity (Wildman–Crippen MR) is 42.7 cm³/mol. The molecule has 0 unspecified atom stereocenters. The van der Waals surface area contributed by atoms with Crippen LogP contribution in [0.2, 0.25) is 0 Å². The predicted octanol–water partition coefficient (Wildman–Crippen LogP) is 2.82. The third-order valence-corrected chi connectivity index (χ3v) is 3.38. The Bertz CT molecular complexity index is 91.1. The van der Waals surface area contributed by atoms with Crippen LogP contribution in [0.15, 0.2) is 0 Å². The maximum absolute atomic E-state index is 3.60. The monoisotopic (exact) mass is 188 g/mol. The summed E-state index contributed by atoms with van der Waals surface area (Å²) in [5.74, 6) is 3.30. The van der Waals surface area contributed by atoms with E-state index in [0.717, 1.165) is 17.8 Å². The Morgan fingerprint density at radius 2 is 1.56 bits per heavy atom. The van der Waals surface area contributed by atoms with E-state index in [2.05, 4.69) is 15.9 Å². The molecule has 52 valence electrons. The van der Waals surface area contributed by atoms with E-state index < -0.39 is 0 Å². The summed E-state index contributed by atoms with van der Waals surface area (Å²) in [4.78, 5) is 0. The van der Waals surface area contributed by atoms with E-state index in [4.69, 9.17) is 0 Å². The maximum Gasteiger partial charge on any atom is 0.00649 e. The molecule has 0 aliphatic heterocycles. The Labute approximate surface area is 65.1 Å². The first-order valence-electron chi connectivity index (χ1n) is 3.98. The second kappa shape index (κ2) is 2.26. The molecular weight excluding hydrogens is 176 g/mol. The van der Waals surface area contributed by atoms with Gasteiger partial charge in [-0.3, -0.25) is 0 Å². The molecule has 0 aromatic carbocycles. The summed E-state index contributed by atoms with van der Waals surface area (Å²) >= 11 is 3.60. The van der Waals surface area contributed by atoms with Crippen molar-refractivity contribution in [1.29, 1.82) is 0 Å². The molecule has 0 N–H and O–H groups in total. The van der Waals surface area contributed by atoms with Crippen molar-refractivity contribution < 1.29 is 0 Å². The highest BCUT2D eigenvalue weighted by molar-refractivity contribution is 9.09. The molecule has 0 aromatic heterocycles. The third-order valence-electron chi connectivity index (χ3n) is 2.63. The van der Waals surface area contributed by atoms with Crippen molar-refractivity contribution in [3.63, 3.8) is 0 Å². The first-order chi connectivity index (χ1) is 4.42. The highest BCUT2D eigenvalue weighted by atomic mass is 79.9. The fraction of sp³-hybridized carbons (Fsp3) is 1.00. The normalized spacial score (nSPS) is 27.3. The van der Waals surface area contributed by atoms with E-state index in [1.54, 1.807) is 0 Å². The molecule has 2 aliphatic carbocycles. The van der Waals surface area contributed by atoms with Gasteiger partial charge < -0.3 is 0 Å². The van der Waals surface area contributed by atoms with Crippen molar-refractivity contribution in [2.24, 2.45) is 17.8 Å². The molecule has 0 nitrogen and oxygen atoms in total. The van der Waals surface area contributed by atoms with E-state index in [0.29, 0.717) is 0 Å². The zero-order valence-corrected chi connectivity index (χ0v) is 7.23.